The van der Waals surface area contributed by atoms with Gasteiger partial charge in [-0.15, -0.1) is 11.3 Å². The lowest BCUT2D eigenvalue weighted by Gasteiger charge is -2.09. The third-order valence-electron chi connectivity index (χ3n) is 4.00. The highest BCUT2D eigenvalue weighted by molar-refractivity contribution is 9.10. The molecule has 0 bridgehead atoms. The van der Waals surface area contributed by atoms with Crippen LogP contribution in [-0.2, 0) is 0 Å². The highest BCUT2D eigenvalue weighted by Crippen LogP contribution is 2.44. The van der Waals surface area contributed by atoms with Gasteiger partial charge in [0.05, 0.1) is 28.4 Å². The molecule has 0 saturated heterocycles. The molecule has 0 radical (unpaired) electrons. The van der Waals surface area contributed by atoms with Gasteiger partial charge in [0.1, 0.15) is 0 Å². The first-order valence-electron chi connectivity index (χ1n) is 7.85. The van der Waals surface area contributed by atoms with E-state index in [2.05, 4.69) is 22.0 Å². The minimum Gasteiger partial charge on any atom is -0.493 e. The fraction of sp³-hybridized carbons (Fsp3) is 0.200. The Labute approximate surface area is 165 Å². The Hall–Kier alpha value is -2.18. The summed E-state index contributed by atoms with van der Waals surface area (Å²) in [7, 11) is 6.55. The van der Waals surface area contributed by atoms with Crippen LogP contribution in [0.15, 0.2) is 46.9 Å². The lowest BCUT2D eigenvalue weighted by atomic mass is 10.1. The highest BCUT2D eigenvalue weighted by atomic mass is 79.9. The molecular weight excluding hydrogens is 416 g/mol. The van der Waals surface area contributed by atoms with Crippen LogP contribution in [0.5, 0.6) is 23.0 Å². The number of hydrogen-bond acceptors (Lipinski definition) is 5. The van der Waals surface area contributed by atoms with Crippen molar-refractivity contribution in [1.82, 2.24) is 0 Å². The Morgan fingerprint density at radius 3 is 1.69 bits per heavy atom. The Kier molecular flexibility index (Phi) is 5.74. The van der Waals surface area contributed by atoms with Crippen molar-refractivity contribution in [3.8, 4) is 43.9 Å². The van der Waals surface area contributed by atoms with Crippen molar-refractivity contribution in [3.05, 3.63) is 46.9 Å². The first kappa shape index (κ1) is 18.6. The number of halogens is 1. The molecule has 3 aromatic rings. The van der Waals surface area contributed by atoms with E-state index in [1.807, 2.05) is 36.4 Å². The van der Waals surface area contributed by atoms with E-state index in [4.69, 9.17) is 18.9 Å². The summed E-state index contributed by atoms with van der Waals surface area (Å²) in [6, 6.07) is 13.9. The van der Waals surface area contributed by atoms with Crippen molar-refractivity contribution in [2.75, 3.05) is 28.4 Å². The number of methoxy groups -OCH3 is 4. The summed E-state index contributed by atoms with van der Waals surface area (Å²) in [5.41, 5.74) is 2.13. The molecule has 0 amide bonds. The van der Waals surface area contributed by atoms with Crippen LogP contribution in [-0.4, -0.2) is 28.4 Å². The summed E-state index contributed by atoms with van der Waals surface area (Å²) < 4.78 is 22.5. The van der Waals surface area contributed by atoms with Crippen LogP contribution in [0.3, 0.4) is 0 Å². The van der Waals surface area contributed by atoms with E-state index in [-0.39, 0.29) is 0 Å². The molecule has 0 N–H and O–H groups in total. The minimum atomic E-state index is 0.706. The quantitative estimate of drug-likeness (QED) is 0.485. The normalized spacial score (nSPS) is 10.5. The summed E-state index contributed by atoms with van der Waals surface area (Å²) in [5, 5.41) is 0. The fourth-order valence-corrected chi connectivity index (χ4v) is 4.57. The summed E-state index contributed by atoms with van der Waals surface area (Å²) in [5.74, 6) is 2.84. The molecule has 0 unspecified atom stereocenters. The van der Waals surface area contributed by atoms with Crippen molar-refractivity contribution >= 4 is 27.3 Å². The van der Waals surface area contributed by atoms with Gasteiger partial charge >= 0.3 is 0 Å². The predicted octanol–water partition coefficient (Wildman–Crippen LogP) is 5.88. The smallest absolute Gasteiger partial charge is 0.161 e. The van der Waals surface area contributed by atoms with Crippen LogP contribution in [0.4, 0.5) is 0 Å². The van der Waals surface area contributed by atoms with Crippen LogP contribution in [0.2, 0.25) is 0 Å². The molecule has 0 atom stereocenters. The van der Waals surface area contributed by atoms with Gasteiger partial charge in [-0.1, -0.05) is 0 Å². The van der Waals surface area contributed by atoms with Crippen LogP contribution >= 0.6 is 27.3 Å². The van der Waals surface area contributed by atoms with E-state index in [1.54, 1.807) is 39.8 Å². The van der Waals surface area contributed by atoms with E-state index in [1.165, 1.54) is 0 Å². The van der Waals surface area contributed by atoms with Gasteiger partial charge in [-0.25, -0.2) is 0 Å². The van der Waals surface area contributed by atoms with Gasteiger partial charge in [-0.3, -0.25) is 0 Å². The molecule has 0 fully saturated rings. The third-order valence-corrected chi connectivity index (χ3v) is 6.12. The maximum Gasteiger partial charge on any atom is 0.161 e. The molecule has 1 aromatic heterocycles. The van der Waals surface area contributed by atoms with E-state index in [0.717, 1.165) is 25.4 Å². The Morgan fingerprint density at radius 2 is 1.15 bits per heavy atom. The molecule has 26 heavy (non-hydrogen) atoms. The summed E-state index contributed by atoms with van der Waals surface area (Å²) in [6.45, 7) is 0. The second-order valence-corrected chi connectivity index (χ2v) is 7.33. The maximum atomic E-state index is 5.42. The highest BCUT2D eigenvalue weighted by Gasteiger charge is 2.15. The van der Waals surface area contributed by atoms with E-state index in [0.29, 0.717) is 23.0 Å². The average molecular weight is 435 g/mol. The Balaban J connectivity index is 2.02. The number of ether oxygens (including phenoxy) is 4. The standard InChI is InChI=1S/C20H19BrO4S/c1-22-15-7-5-12(9-17(15)24-3)19-11-14(21)20(26-19)13-6-8-16(23-2)18(10-13)25-4/h5-11H,1-4H3. The fourth-order valence-electron chi connectivity index (χ4n) is 2.67. The molecule has 0 aliphatic carbocycles. The van der Waals surface area contributed by atoms with Gasteiger partial charge in [-0.2, -0.15) is 0 Å². The molecule has 6 heteroatoms. The van der Waals surface area contributed by atoms with Gasteiger partial charge < -0.3 is 18.9 Å². The molecule has 0 spiro atoms. The van der Waals surface area contributed by atoms with Crippen LogP contribution in [0, 0.1) is 0 Å². The first-order valence-corrected chi connectivity index (χ1v) is 9.46. The van der Waals surface area contributed by atoms with Gasteiger partial charge in [0.25, 0.3) is 0 Å². The Morgan fingerprint density at radius 1 is 0.654 bits per heavy atom. The van der Waals surface area contributed by atoms with Gasteiger partial charge in [0.2, 0.25) is 0 Å². The zero-order valence-electron chi connectivity index (χ0n) is 15.0. The molecular formula is C20H19BrO4S. The van der Waals surface area contributed by atoms with Crippen molar-refractivity contribution in [1.29, 1.82) is 0 Å². The zero-order chi connectivity index (χ0) is 18.7. The van der Waals surface area contributed by atoms with E-state index in [9.17, 15) is 0 Å². The number of benzene rings is 2. The molecule has 0 aliphatic heterocycles. The van der Waals surface area contributed by atoms with Crippen LogP contribution < -0.4 is 18.9 Å². The number of hydrogen-bond donors (Lipinski definition) is 0. The zero-order valence-corrected chi connectivity index (χ0v) is 17.4. The SMILES string of the molecule is COc1ccc(-c2cc(Br)c(-c3ccc(OC)c(OC)c3)s2)cc1OC. The van der Waals surface area contributed by atoms with Gasteiger partial charge in [-0.05, 0) is 69.5 Å². The van der Waals surface area contributed by atoms with E-state index < -0.39 is 0 Å². The average Bonchev–Trinajstić information content (AvgIpc) is 3.08. The number of rotatable bonds is 6. The lowest BCUT2D eigenvalue weighted by Crippen LogP contribution is -1.90. The lowest BCUT2D eigenvalue weighted by molar-refractivity contribution is 0.355. The largest absolute Gasteiger partial charge is 0.493 e. The molecule has 2 aromatic carbocycles. The third kappa shape index (κ3) is 3.52. The molecule has 4 nitrogen and oxygen atoms in total. The van der Waals surface area contributed by atoms with Crippen molar-refractivity contribution in [3.63, 3.8) is 0 Å². The van der Waals surface area contributed by atoms with E-state index >= 15 is 0 Å². The predicted molar refractivity (Wildman–Crippen MR) is 109 cm³/mol. The minimum absolute atomic E-state index is 0.706. The maximum absolute atomic E-state index is 5.42. The monoisotopic (exact) mass is 434 g/mol. The molecule has 1 heterocycles. The second kappa shape index (κ2) is 8.01. The molecule has 3 rings (SSSR count). The van der Waals surface area contributed by atoms with Crippen molar-refractivity contribution in [2.24, 2.45) is 0 Å². The summed E-state index contributed by atoms with van der Waals surface area (Å²) in [4.78, 5) is 2.25. The Bertz CT molecular complexity index is 920. The summed E-state index contributed by atoms with van der Waals surface area (Å²) >= 11 is 5.37. The van der Waals surface area contributed by atoms with Crippen molar-refractivity contribution < 1.29 is 18.9 Å². The van der Waals surface area contributed by atoms with Crippen molar-refractivity contribution in [2.45, 2.75) is 0 Å². The van der Waals surface area contributed by atoms with Gasteiger partial charge in [0, 0.05) is 14.2 Å². The summed E-state index contributed by atoms with van der Waals surface area (Å²) in [6.07, 6.45) is 0. The molecule has 136 valence electrons. The first-order chi connectivity index (χ1) is 12.6. The molecule has 0 saturated carbocycles. The second-order valence-electron chi connectivity index (χ2n) is 5.43. The van der Waals surface area contributed by atoms with Gasteiger partial charge in [0.15, 0.2) is 23.0 Å². The van der Waals surface area contributed by atoms with Crippen LogP contribution in [0.1, 0.15) is 0 Å². The molecule has 0 aliphatic rings. The number of thiophene rings is 1. The van der Waals surface area contributed by atoms with Crippen LogP contribution in [0.25, 0.3) is 20.9 Å². The topological polar surface area (TPSA) is 36.9 Å².